The molecule has 3 aliphatic carbocycles. The van der Waals surface area contributed by atoms with E-state index in [1.807, 2.05) is 6.92 Å². The van der Waals surface area contributed by atoms with Crippen molar-refractivity contribution in [1.29, 1.82) is 0 Å². The van der Waals surface area contributed by atoms with Crippen LogP contribution in [0.3, 0.4) is 0 Å². The molecule has 0 radical (unpaired) electrons. The van der Waals surface area contributed by atoms with Crippen molar-refractivity contribution in [2.45, 2.75) is 43.5 Å². The highest BCUT2D eigenvalue weighted by atomic mass is 32.2. The van der Waals surface area contributed by atoms with Gasteiger partial charge in [0.05, 0.1) is 22.4 Å². The zero-order valence-electron chi connectivity index (χ0n) is 23.3. The van der Waals surface area contributed by atoms with Crippen molar-refractivity contribution in [3.05, 3.63) is 66.0 Å². The first kappa shape index (κ1) is 27.4. The van der Waals surface area contributed by atoms with Crippen LogP contribution in [0.15, 0.2) is 53.7 Å². The number of carboxylic acid groups (broad SMARTS) is 1. The monoisotopic (exact) mass is 606 g/mol. The van der Waals surface area contributed by atoms with Gasteiger partial charge in [0.25, 0.3) is 10.0 Å². The van der Waals surface area contributed by atoms with E-state index >= 15 is 4.39 Å². The number of rotatable bonds is 6. The lowest BCUT2D eigenvalue weighted by Crippen LogP contribution is -2.51. The van der Waals surface area contributed by atoms with Gasteiger partial charge in [-0.3, -0.25) is 9.48 Å². The van der Waals surface area contributed by atoms with Gasteiger partial charge in [0, 0.05) is 36.3 Å². The molecule has 8 rings (SSSR count). The summed E-state index contributed by atoms with van der Waals surface area (Å²) in [7, 11) is -2.62. The number of aromatic nitrogens is 5. The van der Waals surface area contributed by atoms with Crippen molar-refractivity contribution in [1.82, 2.24) is 23.7 Å². The Morgan fingerprint density at radius 2 is 1.72 bits per heavy atom. The van der Waals surface area contributed by atoms with Crippen LogP contribution in [0.4, 0.5) is 14.6 Å². The Bertz CT molecular complexity index is 2030. The van der Waals surface area contributed by atoms with Crippen LogP contribution < -0.4 is 5.32 Å². The summed E-state index contributed by atoms with van der Waals surface area (Å²) in [5, 5.41) is 18.3. The number of halogens is 2. The van der Waals surface area contributed by atoms with Gasteiger partial charge < -0.3 is 10.4 Å². The van der Waals surface area contributed by atoms with E-state index < -0.39 is 33.5 Å². The van der Waals surface area contributed by atoms with E-state index in [9.17, 15) is 22.7 Å². The fourth-order valence-electron chi connectivity index (χ4n) is 6.86. The van der Waals surface area contributed by atoms with E-state index in [-0.39, 0.29) is 45.1 Å². The molecule has 222 valence electrons. The molecule has 5 aromatic rings. The third-order valence-corrected chi connectivity index (χ3v) is 10.7. The molecule has 3 heterocycles. The standard InChI is InChI=1S/C30H28F2N6O4S/c1-15-3-9-19(10-4-15)43(41,42)38-14-22(20-11-18(31)12-23(32)26(20)38)28-35-27(21-13-33-37(2)29(21)36-28)34-25-17-7-5-16(6-8-17)24(25)30(39)40/h3-4,9-14,16-17,24-25H,5-8H2,1-2H3,(H,39,40)(H,34,35,36). The molecule has 2 bridgehead atoms. The summed E-state index contributed by atoms with van der Waals surface area (Å²) in [6.45, 7) is 1.82. The Labute approximate surface area is 245 Å². The lowest BCUT2D eigenvalue weighted by atomic mass is 9.61. The third kappa shape index (κ3) is 4.36. The van der Waals surface area contributed by atoms with Gasteiger partial charge in [-0.25, -0.2) is 31.1 Å². The van der Waals surface area contributed by atoms with Gasteiger partial charge in [0.15, 0.2) is 17.3 Å². The zero-order chi connectivity index (χ0) is 30.2. The lowest BCUT2D eigenvalue weighted by Gasteiger charge is -2.47. The lowest BCUT2D eigenvalue weighted by molar-refractivity contribution is -0.148. The average molecular weight is 607 g/mol. The molecule has 3 aliphatic rings. The summed E-state index contributed by atoms with van der Waals surface area (Å²) in [5.74, 6) is -2.86. The van der Waals surface area contributed by atoms with Gasteiger partial charge in [-0.1, -0.05) is 17.7 Å². The first-order valence-electron chi connectivity index (χ1n) is 14.0. The van der Waals surface area contributed by atoms with E-state index in [4.69, 9.17) is 4.98 Å². The number of fused-ring (bicyclic) bond motifs is 5. The highest BCUT2D eigenvalue weighted by molar-refractivity contribution is 7.90. The van der Waals surface area contributed by atoms with E-state index in [1.54, 1.807) is 25.4 Å². The zero-order valence-corrected chi connectivity index (χ0v) is 24.1. The van der Waals surface area contributed by atoms with E-state index in [0.29, 0.717) is 22.9 Å². The van der Waals surface area contributed by atoms with Gasteiger partial charge in [-0.15, -0.1) is 0 Å². The van der Waals surface area contributed by atoms with Crippen molar-refractivity contribution in [2.75, 3.05) is 5.32 Å². The Morgan fingerprint density at radius 3 is 2.42 bits per heavy atom. The number of carboxylic acids is 1. The van der Waals surface area contributed by atoms with Gasteiger partial charge in [0.2, 0.25) is 0 Å². The molecule has 3 aromatic heterocycles. The smallest absolute Gasteiger partial charge is 0.308 e. The number of aliphatic carboxylic acids is 1. The molecule has 10 nitrogen and oxygen atoms in total. The molecule has 13 heteroatoms. The maximum absolute atomic E-state index is 15.4. The summed E-state index contributed by atoms with van der Waals surface area (Å²) in [5.41, 5.74) is 0.991. The SMILES string of the molecule is Cc1ccc(S(=O)(=O)n2cc(-c3nc(NC4C5CCC(CC5)C4C(=O)O)c4cnn(C)c4n3)c3cc(F)cc(F)c32)cc1. The predicted molar refractivity (Wildman–Crippen MR) is 155 cm³/mol. The number of aryl methyl sites for hydroxylation is 2. The molecule has 43 heavy (non-hydrogen) atoms. The van der Waals surface area contributed by atoms with Crippen molar-refractivity contribution in [3.8, 4) is 11.4 Å². The molecular formula is C30H28F2N6O4S. The van der Waals surface area contributed by atoms with Gasteiger partial charge >= 0.3 is 5.97 Å². The predicted octanol–water partition coefficient (Wildman–Crippen LogP) is 5.11. The second-order valence-electron chi connectivity index (χ2n) is 11.6. The van der Waals surface area contributed by atoms with Gasteiger partial charge in [-0.05, 0) is 62.6 Å². The van der Waals surface area contributed by atoms with Crippen LogP contribution in [0.2, 0.25) is 0 Å². The van der Waals surface area contributed by atoms with Crippen LogP contribution >= 0.6 is 0 Å². The van der Waals surface area contributed by atoms with Gasteiger partial charge in [-0.2, -0.15) is 5.10 Å². The molecule has 0 saturated heterocycles. The number of benzene rings is 2. The number of anilines is 1. The normalized spacial score (nSPS) is 22.0. The highest BCUT2D eigenvalue weighted by Crippen LogP contribution is 2.47. The van der Waals surface area contributed by atoms with E-state index in [2.05, 4.69) is 15.4 Å². The Hall–Kier alpha value is -4.39. The second kappa shape index (κ2) is 9.83. The number of hydrogen-bond acceptors (Lipinski definition) is 7. The van der Waals surface area contributed by atoms with Crippen LogP contribution in [0.5, 0.6) is 0 Å². The molecule has 0 amide bonds. The molecule has 2 unspecified atom stereocenters. The third-order valence-electron chi connectivity index (χ3n) is 9.00. The first-order chi connectivity index (χ1) is 20.5. The molecular weight excluding hydrogens is 578 g/mol. The fraction of sp³-hybridized carbons (Fsp3) is 0.333. The second-order valence-corrected chi connectivity index (χ2v) is 13.4. The van der Waals surface area contributed by atoms with Crippen molar-refractivity contribution < 1.29 is 27.1 Å². The quantitative estimate of drug-likeness (QED) is 0.273. The molecule has 2 aromatic carbocycles. The van der Waals surface area contributed by atoms with Crippen molar-refractivity contribution in [2.24, 2.45) is 24.8 Å². The minimum Gasteiger partial charge on any atom is -0.481 e. The topological polar surface area (TPSA) is 132 Å². The van der Waals surface area contributed by atoms with Crippen LogP contribution in [0.1, 0.15) is 31.2 Å². The van der Waals surface area contributed by atoms with Crippen molar-refractivity contribution in [3.63, 3.8) is 0 Å². The molecule has 0 spiro atoms. The Balaban J connectivity index is 1.42. The largest absolute Gasteiger partial charge is 0.481 e. The molecule has 0 aliphatic heterocycles. The summed E-state index contributed by atoms with van der Waals surface area (Å²) in [6, 6.07) is 7.43. The number of nitrogens with one attached hydrogen (secondary N) is 1. The Morgan fingerprint density at radius 1 is 1.02 bits per heavy atom. The maximum Gasteiger partial charge on any atom is 0.308 e. The average Bonchev–Trinajstić information content (AvgIpc) is 3.55. The van der Waals surface area contributed by atoms with Crippen LogP contribution in [-0.2, 0) is 21.9 Å². The molecule has 2 N–H and O–H groups in total. The maximum atomic E-state index is 15.4. The summed E-state index contributed by atoms with van der Waals surface area (Å²) in [4.78, 5) is 21.6. The summed E-state index contributed by atoms with van der Waals surface area (Å²) in [6.07, 6.45) is 6.31. The van der Waals surface area contributed by atoms with Crippen molar-refractivity contribution >= 4 is 43.7 Å². The van der Waals surface area contributed by atoms with Crippen LogP contribution in [0.25, 0.3) is 33.3 Å². The molecule has 2 atom stereocenters. The molecule has 3 saturated carbocycles. The number of hydrogen-bond donors (Lipinski definition) is 2. The number of nitrogens with zero attached hydrogens (tertiary/aromatic N) is 5. The Kier molecular flexibility index (Phi) is 6.27. The van der Waals surface area contributed by atoms with Crippen LogP contribution in [-0.4, -0.2) is 49.3 Å². The highest BCUT2D eigenvalue weighted by Gasteiger charge is 2.47. The number of carbonyl (C=O) groups is 1. The minimum atomic E-state index is -4.30. The fourth-order valence-corrected chi connectivity index (χ4v) is 8.24. The van der Waals surface area contributed by atoms with E-state index in [0.717, 1.165) is 41.3 Å². The first-order valence-corrected chi connectivity index (χ1v) is 15.5. The summed E-state index contributed by atoms with van der Waals surface area (Å²) >= 11 is 0. The minimum absolute atomic E-state index is 0.0132. The van der Waals surface area contributed by atoms with E-state index in [1.165, 1.54) is 23.0 Å². The summed E-state index contributed by atoms with van der Waals surface area (Å²) < 4.78 is 59.8. The van der Waals surface area contributed by atoms with Crippen LogP contribution in [0, 0.1) is 36.3 Å². The van der Waals surface area contributed by atoms with Gasteiger partial charge in [0.1, 0.15) is 17.2 Å². The molecule has 3 fully saturated rings.